The molecule has 260 valence electrons. The van der Waals surface area contributed by atoms with E-state index in [1.165, 1.54) is 28.8 Å². The van der Waals surface area contributed by atoms with E-state index in [4.69, 9.17) is 14.8 Å². The molecule has 6 aromatic rings. The van der Waals surface area contributed by atoms with Crippen molar-refractivity contribution in [1.82, 2.24) is 19.3 Å². The Hall–Kier alpha value is -3.95. The number of rotatable bonds is 6. The molecule has 0 bridgehead atoms. The Morgan fingerprint density at radius 2 is 1.66 bits per heavy atom. The van der Waals surface area contributed by atoms with Crippen LogP contribution in [0, 0.1) is 50.2 Å². The van der Waals surface area contributed by atoms with Crippen molar-refractivity contribution >= 4 is 21.8 Å². The summed E-state index contributed by atoms with van der Waals surface area (Å²) in [7, 11) is 0. The van der Waals surface area contributed by atoms with Gasteiger partial charge in [-0.2, -0.15) is 11.2 Å². The van der Waals surface area contributed by atoms with Crippen LogP contribution in [0.25, 0.3) is 33.3 Å². The number of allylic oxidation sites excluding steroid dienone is 2. The number of fused-ring (bicyclic) bond motifs is 3. The molecule has 0 aliphatic heterocycles. The molecule has 3 heterocycles. The molecular weight excluding hydrogens is 796 g/mol. The molecule has 0 saturated carbocycles. The summed E-state index contributed by atoms with van der Waals surface area (Å²) in [5.41, 5.74) is 10.5. The van der Waals surface area contributed by atoms with Crippen LogP contribution in [0.15, 0.2) is 78.5 Å². The van der Waals surface area contributed by atoms with Crippen molar-refractivity contribution in [2.75, 3.05) is 0 Å². The van der Waals surface area contributed by atoms with Gasteiger partial charge in [-0.1, -0.05) is 76.9 Å². The van der Waals surface area contributed by atoms with E-state index in [0.29, 0.717) is 35.2 Å². The van der Waals surface area contributed by atoms with Crippen LogP contribution >= 0.6 is 0 Å². The summed E-state index contributed by atoms with van der Waals surface area (Å²) in [5.74, 6) is 3.91. The van der Waals surface area contributed by atoms with Gasteiger partial charge in [0.05, 0.1) is 5.69 Å². The van der Waals surface area contributed by atoms with E-state index < -0.39 is 0 Å². The standard InChI is InChI=1S/C44H48N4O.Pt/c1-26(2)32-22-34(48-31(7)43(30(6)46-48)42-28(4)20-33(21-29(42)5)44(8,9)10)24-36(23-32)49-35-15-16-38-37-13-11-12-14-39(37)47(40(38)25-35)41-19-27(3)17-18-45-41;/h11-20,22-23,26,29,33,42H,21H2,1-10H3;/q-2;+2/t29-,33-,42?;/m0./s1. The number of pyridine rings is 1. The summed E-state index contributed by atoms with van der Waals surface area (Å²) in [6.07, 6.45) is 5.57. The molecule has 1 unspecified atom stereocenters. The maximum Gasteiger partial charge on any atom is 2.00 e. The average Bonchev–Trinajstić information content (AvgIpc) is 3.53. The Kier molecular flexibility index (Phi) is 9.78. The van der Waals surface area contributed by atoms with Gasteiger partial charge in [0, 0.05) is 40.4 Å². The fourth-order valence-electron chi connectivity index (χ4n) is 7.91. The quantitative estimate of drug-likeness (QED) is 0.124. The number of hydrogen-bond acceptors (Lipinski definition) is 3. The van der Waals surface area contributed by atoms with E-state index in [9.17, 15) is 0 Å². The maximum absolute atomic E-state index is 6.63. The van der Waals surface area contributed by atoms with Gasteiger partial charge in [-0.05, 0) is 92.1 Å². The number of para-hydroxylation sites is 1. The van der Waals surface area contributed by atoms with Crippen molar-refractivity contribution in [2.45, 2.75) is 87.5 Å². The zero-order chi connectivity index (χ0) is 34.8. The first-order valence-corrected chi connectivity index (χ1v) is 17.7. The Morgan fingerprint density at radius 1 is 0.900 bits per heavy atom. The molecule has 0 radical (unpaired) electrons. The van der Waals surface area contributed by atoms with Crippen molar-refractivity contribution in [3.05, 3.63) is 119 Å². The molecule has 3 atom stereocenters. The van der Waals surface area contributed by atoms with Crippen LogP contribution in [0.4, 0.5) is 0 Å². The van der Waals surface area contributed by atoms with Gasteiger partial charge in [-0.25, -0.2) is 4.98 Å². The van der Waals surface area contributed by atoms with E-state index in [0.717, 1.165) is 44.6 Å². The van der Waals surface area contributed by atoms with Crippen molar-refractivity contribution in [2.24, 2.45) is 17.3 Å². The summed E-state index contributed by atoms with van der Waals surface area (Å²) >= 11 is 0. The molecule has 0 N–H and O–H groups in total. The molecule has 0 fully saturated rings. The second-order valence-corrected chi connectivity index (χ2v) is 15.6. The molecule has 6 heteroatoms. The van der Waals surface area contributed by atoms with Gasteiger partial charge < -0.3 is 9.30 Å². The van der Waals surface area contributed by atoms with Gasteiger partial charge in [0.15, 0.2) is 0 Å². The topological polar surface area (TPSA) is 44.9 Å². The number of ether oxygens (including phenoxy) is 1. The third-order valence-electron chi connectivity index (χ3n) is 10.6. The van der Waals surface area contributed by atoms with E-state index >= 15 is 0 Å². The van der Waals surface area contributed by atoms with Crippen LogP contribution in [0.3, 0.4) is 0 Å². The molecule has 3 aromatic carbocycles. The third-order valence-corrected chi connectivity index (χ3v) is 10.6. The largest absolute Gasteiger partial charge is 2.00 e. The Bertz CT molecular complexity index is 2230. The predicted octanol–water partition coefficient (Wildman–Crippen LogP) is 11.5. The molecule has 1 aliphatic rings. The molecule has 1 aliphatic carbocycles. The molecule has 5 nitrogen and oxygen atoms in total. The van der Waals surface area contributed by atoms with Crippen LogP contribution < -0.4 is 4.74 Å². The minimum atomic E-state index is 0. The van der Waals surface area contributed by atoms with Crippen molar-refractivity contribution in [3.8, 4) is 23.0 Å². The Labute approximate surface area is 312 Å². The van der Waals surface area contributed by atoms with Gasteiger partial charge in [0.2, 0.25) is 0 Å². The molecule has 0 amide bonds. The number of benzene rings is 3. The predicted molar refractivity (Wildman–Crippen MR) is 201 cm³/mol. The first-order chi connectivity index (χ1) is 23.3. The minimum Gasteiger partial charge on any atom is -0.509 e. The Balaban J connectivity index is 0.00000432. The zero-order valence-electron chi connectivity index (χ0n) is 31.0. The third kappa shape index (κ3) is 6.50. The number of hydrogen-bond donors (Lipinski definition) is 0. The van der Waals surface area contributed by atoms with Crippen molar-refractivity contribution in [1.29, 1.82) is 0 Å². The van der Waals surface area contributed by atoms with Crippen LogP contribution in [0.1, 0.15) is 94.8 Å². The molecule has 7 rings (SSSR count). The smallest absolute Gasteiger partial charge is 0.509 e. The molecule has 3 aromatic heterocycles. The second kappa shape index (κ2) is 13.6. The molecular formula is C44H48N4OPt. The van der Waals surface area contributed by atoms with E-state index in [1.54, 1.807) is 0 Å². The number of aromatic nitrogens is 4. The summed E-state index contributed by atoms with van der Waals surface area (Å²) in [4.78, 5) is 4.73. The first-order valence-electron chi connectivity index (χ1n) is 17.7. The first kappa shape index (κ1) is 35.9. The summed E-state index contributed by atoms with van der Waals surface area (Å²) in [5, 5.41) is 7.41. The summed E-state index contributed by atoms with van der Waals surface area (Å²) < 4.78 is 10.9. The average molecular weight is 844 g/mol. The monoisotopic (exact) mass is 843 g/mol. The van der Waals surface area contributed by atoms with Crippen LogP contribution in [0.2, 0.25) is 0 Å². The summed E-state index contributed by atoms with van der Waals surface area (Å²) in [6, 6.07) is 28.2. The van der Waals surface area contributed by atoms with E-state index in [-0.39, 0.29) is 26.5 Å². The van der Waals surface area contributed by atoms with Crippen LogP contribution in [-0.4, -0.2) is 19.3 Å². The number of nitrogens with zero attached hydrogens (tertiary/aromatic N) is 4. The normalized spacial score (nSPS) is 18.1. The van der Waals surface area contributed by atoms with Crippen molar-refractivity contribution in [3.63, 3.8) is 0 Å². The molecule has 0 saturated heterocycles. The fraction of sp³-hybridized carbons (Fsp3) is 0.364. The van der Waals surface area contributed by atoms with Gasteiger partial charge in [0.25, 0.3) is 0 Å². The zero-order valence-corrected chi connectivity index (χ0v) is 33.2. The van der Waals surface area contributed by atoms with Crippen LogP contribution in [-0.2, 0) is 21.1 Å². The maximum atomic E-state index is 6.63. The van der Waals surface area contributed by atoms with E-state index in [1.807, 2.05) is 18.3 Å². The van der Waals surface area contributed by atoms with E-state index in [2.05, 4.69) is 145 Å². The Morgan fingerprint density at radius 3 is 2.36 bits per heavy atom. The van der Waals surface area contributed by atoms with Gasteiger partial charge in [-0.15, -0.1) is 41.3 Å². The van der Waals surface area contributed by atoms with Gasteiger partial charge >= 0.3 is 21.1 Å². The molecule has 50 heavy (non-hydrogen) atoms. The number of aryl methyl sites for hydroxylation is 2. The fourth-order valence-corrected chi connectivity index (χ4v) is 7.91. The summed E-state index contributed by atoms with van der Waals surface area (Å²) in [6.45, 7) is 22.7. The van der Waals surface area contributed by atoms with Crippen LogP contribution in [0.5, 0.6) is 11.5 Å². The van der Waals surface area contributed by atoms with Gasteiger partial charge in [0.1, 0.15) is 5.82 Å². The SMILES string of the molecule is CC1=C[C@H](C(C)(C)C)C[C@H](C)C1c1c(C)nn(-c2[c-]c(Oc3[c-]c4c(cc3)c3ccccc3n4-c3cc(C)ccn3)cc(C(C)C)c2)c1C.[Pt+2]. The minimum absolute atomic E-state index is 0. The second-order valence-electron chi connectivity index (χ2n) is 15.6. The van der Waals surface area contributed by atoms with Gasteiger partial charge in [-0.3, -0.25) is 4.68 Å². The molecule has 0 spiro atoms. The van der Waals surface area contributed by atoms with Crippen molar-refractivity contribution < 1.29 is 25.8 Å².